The Morgan fingerprint density at radius 2 is 2.24 bits per heavy atom. The Kier molecular flexibility index (Phi) is 3.60. The number of rotatable bonds is 3. The standard InChI is InChI=1S/C14H10BrN3O2S/c1-7-12(13(19)20)21-14(17-7)18-10-4-2-3-8-5-9(15)6-16-11(8)10/h2-6H,1H3,(H,17,18)(H,19,20). The molecule has 0 amide bonds. The molecule has 5 nitrogen and oxygen atoms in total. The Hall–Kier alpha value is -1.99. The summed E-state index contributed by atoms with van der Waals surface area (Å²) in [7, 11) is 0. The summed E-state index contributed by atoms with van der Waals surface area (Å²) in [5, 5.41) is 13.8. The zero-order chi connectivity index (χ0) is 15.0. The first-order valence-electron chi connectivity index (χ1n) is 6.06. The lowest BCUT2D eigenvalue weighted by Crippen LogP contribution is -1.94. The number of thiazole rings is 1. The van der Waals surface area contributed by atoms with E-state index in [4.69, 9.17) is 5.11 Å². The van der Waals surface area contributed by atoms with E-state index >= 15 is 0 Å². The second-order valence-electron chi connectivity index (χ2n) is 4.39. The number of carboxylic acid groups (broad SMARTS) is 1. The van der Waals surface area contributed by atoms with Gasteiger partial charge in [0.15, 0.2) is 5.13 Å². The summed E-state index contributed by atoms with van der Waals surface area (Å²) >= 11 is 4.51. The summed E-state index contributed by atoms with van der Waals surface area (Å²) in [6.45, 7) is 1.68. The largest absolute Gasteiger partial charge is 0.477 e. The van der Waals surface area contributed by atoms with Gasteiger partial charge in [0.2, 0.25) is 0 Å². The summed E-state index contributed by atoms with van der Waals surface area (Å²) in [6.07, 6.45) is 1.73. The van der Waals surface area contributed by atoms with Gasteiger partial charge in [-0.15, -0.1) is 0 Å². The Morgan fingerprint density at radius 3 is 2.95 bits per heavy atom. The van der Waals surface area contributed by atoms with Crippen LogP contribution in [-0.2, 0) is 0 Å². The van der Waals surface area contributed by atoms with Crippen LogP contribution in [0.4, 0.5) is 10.8 Å². The molecule has 2 N–H and O–H groups in total. The molecule has 21 heavy (non-hydrogen) atoms. The van der Waals surface area contributed by atoms with Crippen molar-refractivity contribution in [2.75, 3.05) is 5.32 Å². The fraction of sp³-hybridized carbons (Fsp3) is 0.0714. The summed E-state index contributed by atoms with van der Waals surface area (Å²) < 4.78 is 0.908. The molecule has 0 spiro atoms. The maximum atomic E-state index is 11.1. The SMILES string of the molecule is Cc1nc(Nc2cccc3cc(Br)cnc23)sc1C(=O)O. The molecule has 3 rings (SSSR count). The number of aryl methyl sites for hydroxylation is 1. The van der Waals surface area contributed by atoms with Gasteiger partial charge in [0.05, 0.1) is 16.9 Å². The van der Waals surface area contributed by atoms with Crippen molar-refractivity contribution in [3.63, 3.8) is 0 Å². The number of fused-ring (bicyclic) bond motifs is 1. The van der Waals surface area contributed by atoms with Crippen LogP contribution in [0, 0.1) is 6.92 Å². The quantitative estimate of drug-likeness (QED) is 0.728. The van der Waals surface area contributed by atoms with Crippen LogP contribution in [0.3, 0.4) is 0 Å². The molecule has 0 radical (unpaired) electrons. The minimum atomic E-state index is -0.960. The van der Waals surface area contributed by atoms with Gasteiger partial charge in [-0.05, 0) is 35.0 Å². The molecule has 0 bridgehead atoms. The van der Waals surface area contributed by atoms with E-state index in [0.29, 0.717) is 10.8 Å². The van der Waals surface area contributed by atoms with Crippen molar-refractivity contribution in [1.29, 1.82) is 0 Å². The Morgan fingerprint density at radius 1 is 1.43 bits per heavy atom. The fourth-order valence-electron chi connectivity index (χ4n) is 2.00. The van der Waals surface area contributed by atoms with E-state index in [1.165, 1.54) is 0 Å². The van der Waals surface area contributed by atoms with Crippen molar-refractivity contribution in [3.05, 3.63) is 45.5 Å². The number of carboxylic acids is 1. The summed E-state index contributed by atoms with van der Waals surface area (Å²) in [4.78, 5) is 19.9. The van der Waals surface area contributed by atoms with Crippen LogP contribution in [0.1, 0.15) is 15.4 Å². The van der Waals surface area contributed by atoms with Gasteiger partial charge in [-0.3, -0.25) is 4.98 Å². The zero-order valence-electron chi connectivity index (χ0n) is 10.9. The molecule has 0 unspecified atom stereocenters. The molecule has 0 atom stereocenters. The van der Waals surface area contributed by atoms with Crippen molar-refractivity contribution in [3.8, 4) is 0 Å². The first-order chi connectivity index (χ1) is 10.0. The van der Waals surface area contributed by atoms with Gasteiger partial charge in [0, 0.05) is 16.1 Å². The average Bonchev–Trinajstić information content (AvgIpc) is 2.79. The lowest BCUT2D eigenvalue weighted by molar-refractivity contribution is 0.0701. The highest BCUT2D eigenvalue weighted by molar-refractivity contribution is 9.10. The highest BCUT2D eigenvalue weighted by Gasteiger charge is 2.14. The number of halogens is 1. The van der Waals surface area contributed by atoms with Gasteiger partial charge in [-0.25, -0.2) is 9.78 Å². The number of nitrogens with one attached hydrogen (secondary N) is 1. The van der Waals surface area contributed by atoms with Crippen LogP contribution in [0.2, 0.25) is 0 Å². The Bertz CT molecular complexity index is 847. The molecule has 0 saturated heterocycles. The Balaban J connectivity index is 2.02. The van der Waals surface area contributed by atoms with Crippen molar-refractivity contribution < 1.29 is 9.90 Å². The topological polar surface area (TPSA) is 75.1 Å². The monoisotopic (exact) mass is 363 g/mol. The van der Waals surface area contributed by atoms with Crippen molar-refractivity contribution >= 4 is 55.0 Å². The lowest BCUT2D eigenvalue weighted by Gasteiger charge is -2.06. The first kappa shape index (κ1) is 14.0. The molecule has 3 aromatic rings. The molecular weight excluding hydrogens is 354 g/mol. The van der Waals surface area contributed by atoms with Crippen molar-refractivity contribution in [2.24, 2.45) is 0 Å². The first-order valence-corrected chi connectivity index (χ1v) is 7.67. The average molecular weight is 364 g/mol. The third-order valence-corrected chi connectivity index (χ3v) is 4.40. The number of aromatic carboxylic acids is 1. The van der Waals surface area contributed by atoms with E-state index in [-0.39, 0.29) is 4.88 Å². The molecule has 106 valence electrons. The van der Waals surface area contributed by atoms with Gasteiger partial charge in [-0.2, -0.15) is 0 Å². The molecule has 0 aliphatic rings. The molecule has 0 saturated carbocycles. The normalized spacial score (nSPS) is 10.8. The molecule has 0 aliphatic heterocycles. The van der Waals surface area contributed by atoms with E-state index in [9.17, 15) is 4.79 Å². The molecule has 0 fully saturated rings. The van der Waals surface area contributed by atoms with Crippen LogP contribution in [-0.4, -0.2) is 21.0 Å². The maximum absolute atomic E-state index is 11.1. The number of pyridine rings is 1. The number of aromatic nitrogens is 2. The van der Waals surface area contributed by atoms with Crippen molar-refractivity contribution in [1.82, 2.24) is 9.97 Å². The number of carbonyl (C=O) groups is 1. The van der Waals surface area contributed by atoms with E-state index in [1.807, 2.05) is 24.3 Å². The van der Waals surface area contributed by atoms with E-state index in [0.717, 1.165) is 32.4 Å². The third-order valence-electron chi connectivity index (χ3n) is 2.91. The van der Waals surface area contributed by atoms with Gasteiger partial charge < -0.3 is 10.4 Å². The molecular formula is C14H10BrN3O2S. The second-order valence-corrected chi connectivity index (χ2v) is 6.31. The van der Waals surface area contributed by atoms with Crippen molar-refractivity contribution in [2.45, 2.75) is 6.92 Å². The predicted molar refractivity (Wildman–Crippen MR) is 86.5 cm³/mol. The van der Waals surface area contributed by atoms with Gasteiger partial charge >= 0.3 is 5.97 Å². The number of hydrogen-bond acceptors (Lipinski definition) is 5. The number of para-hydroxylation sites is 1. The highest BCUT2D eigenvalue weighted by Crippen LogP contribution is 2.30. The van der Waals surface area contributed by atoms with Gasteiger partial charge in [-0.1, -0.05) is 23.5 Å². The van der Waals surface area contributed by atoms with E-state index in [2.05, 4.69) is 31.2 Å². The molecule has 2 aromatic heterocycles. The molecule has 0 aliphatic carbocycles. The predicted octanol–water partition coefficient (Wildman–Crippen LogP) is 4.20. The Labute approximate surface area is 132 Å². The van der Waals surface area contributed by atoms with E-state index in [1.54, 1.807) is 13.1 Å². The minimum absolute atomic E-state index is 0.244. The summed E-state index contributed by atoms with van der Waals surface area (Å²) in [5.74, 6) is -0.960. The summed E-state index contributed by atoms with van der Waals surface area (Å²) in [6, 6.07) is 7.75. The van der Waals surface area contributed by atoms with Crippen LogP contribution in [0.15, 0.2) is 34.9 Å². The lowest BCUT2D eigenvalue weighted by atomic mass is 10.2. The second kappa shape index (κ2) is 5.42. The summed E-state index contributed by atoms with van der Waals surface area (Å²) in [5.41, 5.74) is 2.11. The number of hydrogen-bond donors (Lipinski definition) is 2. The number of nitrogens with zero attached hydrogens (tertiary/aromatic N) is 2. The third kappa shape index (κ3) is 2.74. The maximum Gasteiger partial charge on any atom is 0.347 e. The smallest absolute Gasteiger partial charge is 0.347 e. The molecule has 2 heterocycles. The van der Waals surface area contributed by atoms with Crippen LogP contribution in [0.25, 0.3) is 10.9 Å². The van der Waals surface area contributed by atoms with E-state index < -0.39 is 5.97 Å². The zero-order valence-corrected chi connectivity index (χ0v) is 13.3. The number of anilines is 2. The van der Waals surface area contributed by atoms with Crippen LogP contribution in [0.5, 0.6) is 0 Å². The number of benzene rings is 1. The van der Waals surface area contributed by atoms with Crippen LogP contribution < -0.4 is 5.32 Å². The van der Waals surface area contributed by atoms with Gasteiger partial charge in [0.1, 0.15) is 4.88 Å². The van der Waals surface area contributed by atoms with Gasteiger partial charge in [0.25, 0.3) is 0 Å². The fourth-order valence-corrected chi connectivity index (χ4v) is 3.16. The minimum Gasteiger partial charge on any atom is -0.477 e. The molecule has 1 aromatic carbocycles. The van der Waals surface area contributed by atoms with Crippen LogP contribution >= 0.6 is 27.3 Å². The molecule has 7 heteroatoms. The highest BCUT2D eigenvalue weighted by atomic mass is 79.9.